The van der Waals surface area contributed by atoms with Crippen molar-refractivity contribution in [3.05, 3.63) is 0 Å². The molecule has 92 valence electrons. The maximum absolute atomic E-state index is 13.2. The topological polar surface area (TPSA) is 108 Å². The molecule has 0 bridgehead atoms. The van der Waals surface area contributed by atoms with Crippen LogP contribution in [-0.2, 0) is 9.53 Å². The van der Waals surface area contributed by atoms with Gasteiger partial charge in [0, 0.05) is 6.92 Å². The summed E-state index contributed by atoms with van der Waals surface area (Å²) in [6.07, 6.45) is -5.83. The van der Waals surface area contributed by atoms with Crippen molar-refractivity contribution in [2.45, 2.75) is 31.5 Å². The summed E-state index contributed by atoms with van der Waals surface area (Å²) in [5, 5.41) is 21.9. The van der Waals surface area contributed by atoms with E-state index in [0.29, 0.717) is 0 Å². The molecule has 1 heterocycles. The first-order valence-corrected chi connectivity index (χ1v) is 4.62. The number of hydrogen-bond acceptors (Lipinski definition) is 5. The van der Waals surface area contributed by atoms with E-state index in [0.717, 1.165) is 6.92 Å². The number of amides is 3. The molecule has 1 aliphatic rings. The van der Waals surface area contributed by atoms with Crippen molar-refractivity contribution >= 4 is 11.9 Å². The number of urea groups is 1. The molecular weight excluding hydrogens is 223 g/mol. The average Bonchev–Trinajstić information content (AvgIpc) is 2.44. The van der Waals surface area contributed by atoms with Crippen LogP contribution in [0.25, 0.3) is 0 Å². The van der Waals surface area contributed by atoms with E-state index in [1.165, 1.54) is 0 Å². The van der Waals surface area contributed by atoms with E-state index in [2.05, 4.69) is 5.32 Å². The summed E-state index contributed by atoms with van der Waals surface area (Å²) in [5.41, 5.74) is 0. The van der Waals surface area contributed by atoms with Gasteiger partial charge in [-0.25, -0.2) is 9.18 Å². The molecule has 1 saturated heterocycles. The Kier molecular flexibility index (Phi) is 4.16. The van der Waals surface area contributed by atoms with Crippen LogP contribution >= 0.6 is 0 Å². The third-order valence-corrected chi connectivity index (χ3v) is 2.06. The number of carbonyl (C=O) groups is 2. The van der Waals surface area contributed by atoms with Crippen LogP contribution < -0.4 is 10.6 Å². The summed E-state index contributed by atoms with van der Waals surface area (Å²) in [7, 11) is 0. The van der Waals surface area contributed by atoms with Gasteiger partial charge < -0.3 is 20.3 Å². The minimum atomic E-state index is -1.78. The first-order valence-electron chi connectivity index (χ1n) is 4.62. The van der Waals surface area contributed by atoms with E-state index in [4.69, 9.17) is 9.84 Å². The highest BCUT2D eigenvalue weighted by atomic mass is 19.1. The molecule has 8 heteroatoms. The summed E-state index contributed by atoms with van der Waals surface area (Å²) < 4.78 is 18.0. The van der Waals surface area contributed by atoms with E-state index in [1.54, 1.807) is 0 Å². The molecule has 1 fully saturated rings. The van der Waals surface area contributed by atoms with Crippen LogP contribution in [0, 0.1) is 0 Å². The minimum Gasteiger partial charge on any atom is -0.394 e. The zero-order valence-corrected chi connectivity index (χ0v) is 8.51. The number of nitrogens with one attached hydrogen (secondary N) is 2. The van der Waals surface area contributed by atoms with E-state index >= 15 is 0 Å². The standard InChI is InChI=1S/C8H13FN2O5/c1-3(13)10-8(15)11-7-6(14)5(9)4(2-12)16-7/h4-7,12,14H,2H2,1H3,(H2,10,11,13,15). The molecule has 0 aromatic carbocycles. The molecule has 7 nitrogen and oxygen atoms in total. The molecular formula is C8H13FN2O5. The Balaban J connectivity index is 2.50. The largest absolute Gasteiger partial charge is 0.394 e. The van der Waals surface area contributed by atoms with Crippen LogP contribution in [0.1, 0.15) is 6.92 Å². The van der Waals surface area contributed by atoms with Crippen LogP contribution in [0.15, 0.2) is 0 Å². The molecule has 16 heavy (non-hydrogen) atoms. The molecule has 0 radical (unpaired) electrons. The lowest BCUT2D eigenvalue weighted by molar-refractivity contribution is -0.118. The number of rotatable bonds is 2. The Morgan fingerprint density at radius 2 is 2.12 bits per heavy atom. The molecule has 0 spiro atoms. The number of halogens is 1. The van der Waals surface area contributed by atoms with Gasteiger partial charge in [0.2, 0.25) is 5.91 Å². The molecule has 0 aliphatic carbocycles. The van der Waals surface area contributed by atoms with Crippen molar-refractivity contribution in [1.82, 2.24) is 10.6 Å². The highest BCUT2D eigenvalue weighted by molar-refractivity contribution is 5.93. The fourth-order valence-electron chi connectivity index (χ4n) is 1.32. The van der Waals surface area contributed by atoms with Gasteiger partial charge in [0.15, 0.2) is 12.4 Å². The molecule has 3 amide bonds. The van der Waals surface area contributed by atoms with Crippen molar-refractivity contribution in [2.75, 3.05) is 6.61 Å². The van der Waals surface area contributed by atoms with Crippen molar-refractivity contribution < 1.29 is 28.9 Å². The summed E-state index contributed by atoms with van der Waals surface area (Å²) in [6, 6.07) is -0.901. The van der Waals surface area contributed by atoms with Gasteiger partial charge in [-0.05, 0) is 0 Å². The third kappa shape index (κ3) is 2.87. The van der Waals surface area contributed by atoms with E-state index in [9.17, 15) is 19.1 Å². The molecule has 4 atom stereocenters. The van der Waals surface area contributed by atoms with Crippen LogP contribution in [0.3, 0.4) is 0 Å². The van der Waals surface area contributed by atoms with Crippen LogP contribution in [-0.4, -0.2) is 53.4 Å². The van der Waals surface area contributed by atoms with Crippen molar-refractivity contribution in [3.8, 4) is 0 Å². The summed E-state index contributed by atoms with van der Waals surface area (Å²) in [4.78, 5) is 21.5. The monoisotopic (exact) mass is 236 g/mol. The lowest BCUT2D eigenvalue weighted by Gasteiger charge is -2.15. The predicted octanol–water partition coefficient (Wildman–Crippen LogP) is -1.75. The fraction of sp³-hybridized carbons (Fsp3) is 0.750. The number of aliphatic hydroxyl groups excluding tert-OH is 2. The molecule has 4 N–H and O–H groups in total. The Bertz CT molecular complexity index is 288. The number of alkyl halides is 1. The quantitative estimate of drug-likeness (QED) is 0.454. The number of carbonyl (C=O) groups excluding carboxylic acids is 2. The second-order valence-electron chi connectivity index (χ2n) is 3.37. The van der Waals surface area contributed by atoms with Crippen molar-refractivity contribution in [3.63, 3.8) is 0 Å². The molecule has 0 aromatic heterocycles. The molecule has 4 unspecified atom stereocenters. The van der Waals surface area contributed by atoms with E-state index in [-0.39, 0.29) is 0 Å². The molecule has 0 aromatic rings. The van der Waals surface area contributed by atoms with Gasteiger partial charge >= 0.3 is 6.03 Å². The lowest BCUT2D eigenvalue weighted by atomic mass is 10.1. The number of hydrogen-bond donors (Lipinski definition) is 4. The number of imide groups is 1. The van der Waals surface area contributed by atoms with Gasteiger partial charge in [0.05, 0.1) is 6.61 Å². The van der Waals surface area contributed by atoms with Gasteiger partial charge in [-0.15, -0.1) is 0 Å². The van der Waals surface area contributed by atoms with Crippen molar-refractivity contribution in [2.24, 2.45) is 0 Å². The van der Waals surface area contributed by atoms with Gasteiger partial charge in [-0.3, -0.25) is 10.1 Å². The summed E-state index contributed by atoms with van der Waals surface area (Å²) in [6.45, 7) is 0.519. The van der Waals surface area contributed by atoms with Gasteiger partial charge in [0.25, 0.3) is 0 Å². The summed E-state index contributed by atoms with van der Waals surface area (Å²) >= 11 is 0. The van der Waals surface area contributed by atoms with E-state index < -0.39 is 43.2 Å². The predicted molar refractivity (Wildman–Crippen MR) is 49.0 cm³/mol. The van der Waals surface area contributed by atoms with Crippen LogP contribution in [0.5, 0.6) is 0 Å². The maximum Gasteiger partial charge on any atom is 0.323 e. The number of aliphatic hydroxyl groups is 2. The third-order valence-electron chi connectivity index (χ3n) is 2.06. The van der Waals surface area contributed by atoms with Gasteiger partial charge in [0.1, 0.15) is 12.2 Å². The Morgan fingerprint density at radius 1 is 1.50 bits per heavy atom. The average molecular weight is 236 g/mol. The number of ether oxygens (including phenoxy) is 1. The lowest BCUT2D eigenvalue weighted by Crippen LogP contribution is -2.48. The first-order chi connectivity index (χ1) is 7.45. The van der Waals surface area contributed by atoms with Gasteiger partial charge in [-0.1, -0.05) is 0 Å². The first kappa shape index (κ1) is 12.8. The fourth-order valence-corrected chi connectivity index (χ4v) is 1.32. The van der Waals surface area contributed by atoms with E-state index in [1.807, 2.05) is 5.32 Å². The Hall–Kier alpha value is -1.25. The second-order valence-corrected chi connectivity index (χ2v) is 3.37. The SMILES string of the molecule is CC(=O)NC(=O)NC1OC(CO)C(F)C1O. The normalized spacial score (nSPS) is 33.5. The molecule has 1 rings (SSSR count). The smallest absolute Gasteiger partial charge is 0.323 e. The van der Waals surface area contributed by atoms with Crippen LogP contribution in [0.2, 0.25) is 0 Å². The zero-order valence-electron chi connectivity index (χ0n) is 8.51. The van der Waals surface area contributed by atoms with Crippen molar-refractivity contribution in [1.29, 1.82) is 0 Å². The second kappa shape index (κ2) is 5.19. The molecule has 1 aliphatic heterocycles. The maximum atomic E-state index is 13.2. The Labute approximate surface area is 90.6 Å². The molecule has 0 saturated carbocycles. The highest BCUT2D eigenvalue weighted by Gasteiger charge is 2.44. The Morgan fingerprint density at radius 3 is 2.56 bits per heavy atom. The summed E-state index contributed by atoms with van der Waals surface area (Å²) in [5.74, 6) is -0.597. The minimum absolute atomic E-state index is 0.597. The highest BCUT2D eigenvalue weighted by Crippen LogP contribution is 2.22. The van der Waals surface area contributed by atoms with Crippen LogP contribution in [0.4, 0.5) is 9.18 Å². The van der Waals surface area contributed by atoms with Gasteiger partial charge in [-0.2, -0.15) is 0 Å². The zero-order chi connectivity index (χ0) is 12.3.